The van der Waals surface area contributed by atoms with Gasteiger partial charge in [-0.05, 0) is 55.9 Å². The van der Waals surface area contributed by atoms with E-state index >= 15 is 0 Å². The number of rotatable bonds is 3. The SMILES string of the molecule is CC1CCC(Sc2ccc(Cl)cc2)(C(=O)O)CC1. The van der Waals surface area contributed by atoms with E-state index in [-0.39, 0.29) is 0 Å². The van der Waals surface area contributed by atoms with Gasteiger partial charge in [-0.2, -0.15) is 0 Å². The first-order chi connectivity index (χ1) is 8.52. The van der Waals surface area contributed by atoms with Gasteiger partial charge in [0.1, 0.15) is 4.75 Å². The lowest BCUT2D eigenvalue weighted by Gasteiger charge is -2.35. The van der Waals surface area contributed by atoms with Crippen molar-refractivity contribution in [2.24, 2.45) is 5.92 Å². The summed E-state index contributed by atoms with van der Waals surface area (Å²) in [6.45, 7) is 2.19. The Morgan fingerprint density at radius 3 is 2.39 bits per heavy atom. The van der Waals surface area contributed by atoms with Crippen LogP contribution >= 0.6 is 23.4 Å². The highest BCUT2D eigenvalue weighted by Gasteiger charge is 2.42. The van der Waals surface area contributed by atoms with Crippen LogP contribution in [0.1, 0.15) is 32.6 Å². The number of hydrogen-bond donors (Lipinski definition) is 1. The molecular weight excluding hydrogens is 268 g/mol. The van der Waals surface area contributed by atoms with Crippen molar-refractivity contribution in [3.05, 3.63) is 29.3 Å². The van der Waals surface area contributed by atoms with Gasteiger partial charge in [0.2, 0.25) is 0 Å². The lowest BCUT2D eigenvalue weighted by atomic mass is 9.82. The van der Waals surface area contributed by atoms with Gasteiger partial charge in [0.15, 0.2) is 0 Å². The zero-order valence-electron chi connectivity index (χ0n) is 10.4. The summed E-state index contributed by atoms with van der Waals surface area (Å²) in [5.74, 6) is -0.0438. The number of aliphatic carboxylic acids is 1. The molecule has 0 bridgehead atoms. The first-order valence-corrected chi connectivity index (χ1v) is 7.39. The highest BCUT2D eigenvalue weighted by Crippen LogP contribution is 2.45. The Bertz CT molecular complexity index is 422. The van der Waals surface area contributed by atoms with E-state index in [1.54, 1.807) is 0 Å². The molecule has 2 nitrogen and oxygen atoms in total. The maximum absolute atomic E-state index is 11.6. The third kappa shape index (κ3) is 3.01. The number of carboxylic acids is 1. The Balaban J connectivity index is 2.16. The van der Waals surface area contributed by atoms with Crippen molar-refractivity contribution < 1.29 is 9.90 Å². The molecule has 0 unspecified atom stereocenters. The number of thioether (sulfide) groups is 1. The van der Waals surface area contributed by atoms with Gasteiger partial charge in [-0.15, -0.1) is 11.8 Å². The fourth-order valence-electron chi connectivity index (χ4n) is 2.32. The molecular formula is C14H17ClO2S. The summed E-state index contributed by atoms with van der Waals surface area (Å²) in [6.07, 6.45) is 3.48. The maximum atomic E-state index is 11.6. The van der Waals surface area contributed by atoms with E-state index in [1.165, 1.54) is 11.8 Å². The highest BCUT2D eigenvalue weighted by molar-refractivity contribution is 8.01. The molecule has 0 radical (unpaired) electrons. The number of carboxylic acid groups (broad SMARTS) is 1. The monoisotopic (exact) mass is 284 g/mol. The molecule has 98 valence electrons. The average Bonchev–Trinajstić information content (AvgIpc) is 2.35. The summed E-state index contributed by atoms with van der Waals surface area (Å²) in [7, 11) is 0. The van der Waals surface area contributed by atoms with E-state index in [0.717, 1.165) is 30.6 Å². The zero-order chi connectivity index (χ0) is 13.2. The van der Waals surface area contributed by atoms with E-state index < -0.39 is 10.7 Å². The van der Waals surface area contributed by atoms with Gasteiger partial charge in [-0.25, -0.2) is 0 Å². The number of benzene rings is 1. The highest BCUT2D eigenvalue weighted by atomic mass is 35.5. The van der Waals surface area contributed by atoms with E-state index in [9.17, 15) is 9.90 Å². The van der Waals surface area contributed by atoms with E-state index in [4.69, 9.17) is 11.6 Å². The van der Waals surface area contributed by atoms with Gasteiger partial charge in [0.05, 0.1) is 0 Å². The van der Waals surface area contributed by atoms with Crippen LogP contribution in [0.3, 0.4) is 0 Å². The molecule has 18 heavy (non-hydrogen) atoms. The Morgan fingerprint density at radius 2 is 1.89 bits per heavy atom. The third-order valence-corrected chi connectivity index (χ3v) is 5.33. The lowest BCUT2D eigenvalue weighted by Crippen LogP contribution is -2.38. The molecule has 0 spiro atoms. The van der Waals surface area contributed by atoms with Crippen LogP contribution in [0.15, 0.2) is 29.2 Å². The first kappa shape index (κ1) is 13.8. The standard InChI is InChI=1S/C14H17ClO2S/c1-10-6-8-14(9-7-10,13(16)17)18-12-4-2-11(15)3-5-12/h2-5,10H,6-9H2,1H3,(H,16,17). The predicted octanol–water partition coefficient (Wildman–Crippen LogP) is 4.47. The van der Waals surface area contributed by atoms with Gasteiger partial charge in [0.25, 0.3) is 0 Å². The Morgan fingerprint density at radius 1 is 1.33 bits per heavy atom. The zero-order valence-corrected chi connectivity index (χ0v) is 11.9. The summed E-state index contributed by atoms with van der Waals surface area (Å²) < 4.78 is -0.652. The van der Waals surface area contributed by atoms with Gasteiger partial charge < -0.3 is 5.11 Å². The molecule has 1 saturated carbocycles. The molecule has 1 aromatic carbocycles. The normalized spacial score (nSPS) is 28.0. The minimum atomic E-state index is -0.686. The first-order valence-electron chi connectivity index (χ1n) is 6.20. The van der Waals surface area contributed by atoms with Gasteiger partial charge in [-0.3, -0.25) is 4.79 Å². The molecule has 4 heteroatoms. The third-order valence-electron chi connectivity index (χ3n) is 3.60. The molecule has 0 aliphatic heterocycles. The van der Waals surface area contributed by atoms with Crippen molar-refractivity contribution in [3.63, 3.8) is 0 Å². The molecule has 0 saturated heterocycles. The van der Waals surface area contributed by atoms with E-state index in [1.807, 2.05) is 24.3 Å². The smallest absolute Gasteiger partial charge is 0.320 e. The fraction of sp³-hybridized carbons (Fsp3) is 0.500. The Kier molecular flexibility index (Phi) is 4.23. The van der Waals surface area contributed by atoms with Crippen molar-refractivity contribution >= 4 is 29.3 Å². The van der Waals surface area contributed by atoms with Crippen molar-refractivity contribution in [2.45, 2.75) is 42.2 Å². The lowest BCUT2D eigenvalue weighted by molar-refractivity contribution is -0.141. The summed E-state index contributed by atoms with van der Waals surface area (Å²) in [6, 6.07) is 7.42. The van der Waals surface area contributed by atoms with Crippen LogP contribution in [0.25, 0.3) is 0 Å². The quantitative estimate of drug-likeness (QED) is 0.890. The van der Waals surface area contributed by atoms with E-state index in [2.05, 4.69) is 6.92 Å². The average molecular weight is 285 g/mol. The summed E-state index contributed by atoms with van der Waals surface area (Å²) in [5.41, 5.74) is 0. The van der Waals surface area contributed by atoms with Crippen LogP contribution in [0.5, 0.6) is 0 Å². The molecule has 0 aromatic heterocycles. The van der Waals surface area contributed by atoms with Crippen molar-refractivity contribution in [2.75, 3.05) is 0 Å². The second-order valence-corrected chi connectivity index (χ2v) is 6.93. The molecule has 1 aliphatic carbocycles. The Labute approximate surface area is 117 Å². The molecule has 1 aromatic rings. The minimum absolute atomic E-state index is 0.642. The molecule has 1 aliphatic rings. The largest absolute Gasteiger partial charge is 0.480 e. The molecule has 0 atom stereocenters. The predicted molar refractivity (Wildman–Crippen MR) is 75.3 cm³/mol. The summed E-state index contributed by atoms with van der Waals surface area (Å²) in [4.78, 5) is 12.6. The van der Waals surface area contributed by atoms with Gasteiger partial charge in [-0.1, -0.05) is 18.5 Å². The summed E-state index contributed by atoms with van der Waals surface area (Å²) >= 11 is 7.32. The van der Waals surface area contributed by atoms with Crippen LogP contribution in [0, 0.1) is 5.92 Å². The Hall–Kier alpha value is -0.670. The topological polar surface area (TPSA) is 37.3 Å². The van der Waals surface area contributed by atoms with Crippen molar-refractivity contribution in [3.8, 4) is 0 Å². The van der Waals surface area contributed by atoms with Crippen LogP contribution < -0.4 is 0 Å². The second-order valence-electron chi connectivity index (χ2n) is 5.04. The van der Waals surface area contributed by atoms with Crippen molar-refractivity contribution in [1.29, 1.82) is 0 Å². The number of hydrogen-bond acceptors (Lipinski definition) is 2. The number of carbonyl (C=O) groups is 1. The summed E-state index contributed by atoms with van der Waals surface area (Å²) in [5, 5.41) is 10.2. The maximum Gasteiger partial charge on any atom is 0.320 e. The fourth-order valence-corrected chi connectivity index (χ4v) is 3.69. The van der Waals surface area contributed by atoms with Crippen LogP contribution in [0.4, 0.5) is 0 Å². The number of halogens is 1. The van der Waals surface area contributed by atoms with Crippen LogP contribution in [-0.4, -0.2) is 15.8 Å². The van der Waals surface area contributed by atoms with Crippen molar-refractivity contribution in [1.82, 2.24) is 0 Å². The van der Waals surface area contributed by atoms with Crippen LogP contribution in [-0.2, 0) is 4.79 Å². The van der Waals surface area contributed by atoms with Gasteiger partial charge >= 0.3 is 5.97 Å². The molecule has 0 amide bonds. The molecule has 0 heterocycles. The molecule has 1 fully saturated rings. The van der Waals surface area contributed by atoms with Crippen LogP contribution in [0.2, 0.25) is 5.02 Å². The molecule has 2 rings (SSSR count). The minimum Gasteiger partial charge on any atom is -0.480 e. The second kappa shape index (κ2) is 5.54. The molecule has 1 N–H and O–H groups in total. The van der Waals surface area contributed by atoms with E-state index in [0.29, 0.717) is 10.9 Å². The van der Waals surface area contributed by atoms with Gasteiger partial charge in [0, 0.05) is 9.92 Å².